The number of hydrogen-bond acceptors (Lipinski definition) is 6. The van der Waals surface area contributed by atoms with Crippen LogP contribution in [0.1, 0.15) is 31.0 Å². The standard InChI is InChI=1S/C12H20N4O2/c1-9-10(2-7-17-9)12-14-11(15-18-12)8-16-5-3-13-4-6-16/h9-10,13H,2-8H2,1H3. The third-order valence-electron chi connectivity index (χ3n) is 3.75. The quantitative estimate of drug-likeness (QED) is 0.838. The second-order valence-electron chi connectivity index (χ2n) is 5.05. The van der Waals surface area contributed by atoms with Gasteiger partial charge in [0.15, 0.2) is 5.82 Å². The molecule has 2 fully saturated rings. The second kappa shape index (κ2) is 5.34. The Morgan fingerprint density at radius 1 is 1.39 bits per heavy atom. The van der Waals surface area contributed by atoms with Crippen LogP contribution in [0.3, 0.4) is 0 Å². The number of rotatable bonds is 3. The van der Waals surface area contributed by atoms with Gasteiger partial charge in [-0.1, -0.05) is 5.16 Å². The highest BCUT2D eigenvalue weighted by molar-refractivity contribution is 4.99. The zero-order valence-electron chi connectivity index (χ0n) is 10.8. The summed E-state index contributed by atoms with van der Waals surface area (Å²) in [5.74, 6) is 1.81. The lowest BCUT2D eigenvalue weighted by Gasteiger charge is -2.25. The van der Waals surface area contributed by atoms with E-state index in [9.17, 15) is 0 Å². The lowest BCUT2D eigenvalue weighted by atomic mass is 10.0. The van der Waals surface area contributed by atoms with Crippen LogP contribution in [0.25, 0.3) is 0 Å². The van der Waals surface area contributed by atoms with E-state index in [0.29, 0.717) is 0 Å². The van der Waals surface area contributed by atoms with Gasteiger partial charge in [-0.15, -0.1) is 0 Å². The Balaban J connectivity index is 1.62. The van der Waals surface area contributed by atoms with Crippen LogP contribution in [-0.4, -0.2) is 53.9 Å². The normalized spacial score (nSPS) is 29.8. The molecule has 100 valence electrons. The van der Waals surface area contributed by atoms with E-state index in [1.54, 1.807) is 0 Å². The van der Waals surface area contributed by atoms with Crippen molar-refractivity contribution in [1.82, 2.24) is 20.4 Å². The fourth-order valence-corrected chi connectivity index (χ4v) is 2.61. The molecule has 2 saturated heterocycles. The summed E-state index contributed by atoms with van der Waals surface area (Å²) in [7, 11) is 0. The van der Waals surface area contributed by atoms with E-state index in [1.807, 2.05) is 0 Å². The summed E-state index contributed by atoms with van der Waals surface area (Å²) in [6.07, 6.45) is 1.17. The Hall–Kier alpha value is -0.980. The first kappa shape index (κ1) is 12.1. The summed E-state index contributed by atoms with van der Waals surface area (Å²) < 4.78 is 10.9. The van der Waals surface area contributed by atoms with E-state index in [-0.39, 0.29) is 12.0 Å². The van der Waals surface area contributed by atoms with Crippen molar-refractivity contribution in [3.8, 4) is 0 Å². The van der Waals surface area contributed by atoms with Crippen molar-refractivity contribution < 1.29 is 9.26 Å². The summed E-state index contributed by atoms with van der Waals surface area (Å²) in [6.45, 7) is 7.82. The van der Waals surface area contributed by atoms with Crippen molar-refractivity contribution in [2.45, 2.75) is 31.9 Å². The summed E-state index contributed by atoms with van der Waals surface area (Å²) in [6, 6.07) is 0. The highest BCUT2D eigenvalue weighted by Gasteiger charge is 2.30. The van der Waals surface area contributed by atoms with Gasteiger partial charge in [0.05, 0.1) is 18.6 Å². The van der Waals surface area contributed by atoms with Crippen LogP contribution in [0.15, 0.2) is 4.52 Å². The zero-order valence-corrected chi connectivity index (χ0v) is 10.8. The maximum Gasteiger partial charge on any atom is 0.232 e. The topological polar surface area (TPSA) is 63.4 Å². The third kappa shape index (κ3) is 2.55. The first-order valence-corrected chi connectivity index (χ1v) is 6.70. The lowest BCUT2D eigenvalue weighted by molar-refractivity contribution is 0.113. The summed E-state index contributed by atoms with van der Waals surface area (Å²) in [5.41, 5.74) is 0. The van der Waals surface area contributed by atoms with Crippen LogP contribution in [0.5, 0.6) is 0 Å². The lowest BCUT2D eigenvalue weighted by Crippen LogP contribution is -2.43. The monoisotopic (exact) mass is 252 g/mol. The van der Waals surface area contributed by atoms with Crippen LogP contribution in [0.2, 0.25) is 0 Å². The minimum absolute atomic E-state index is 0.192. The van der Waals surface area contributed by atoms with Crippen molar-refractivity contribution in [1.29, 1.82) is 0 Å². The van der Waals surface area contributed by atoms with Crippen LogP contribution in [0, 0.1) is 0 Å². The minimum Gasteiger partial charge on any atom is -0.378 e. The Kier molecular flexibility index (Phi) is 3.58. The molecule has 2 aliphatic heterocycles. The van der Waals surface area contributed by atoms with Gasteiger partial charge in [-0.2, -0.15) is 4.98 Å². The Labute approximate surface area is 107 Å². The molecule has 0 bridgehead atoms. The highest BCUT2D eigenvalue weighted by Crippen LogP contribution is 2.29. The molecule has 0 aromatic carbocycles. The van der Waals surface area contributed by atoms with Gasteiger partial charge in [-0.05, 0) is 13.3 Å². The second-order valence-corrected chi connectivity index (χ2v) is 5.05. The van der Waals surface area contributed by atoms with Gasteiger partial charge in [-0.3, -0.25) is 4.90 Å². The molecule has 0 saturated carbocycles. The first-order valence-electron chi connectivity index (χ1n) is 6.70. The molecular weight excluding hydrogens is 232 g/mol. The van der Waals surface area contributed by atoms with Gasteiger partial charge in [0.1, 0.15) is 0 Å². The molecule has 18 heavy (non-hydrogen) atoms. The van der Waals surface area contributed by atoms with Crippen LogP contribution in [-0.2, 0) is 11.3 Å². The average molecular weight is 252 g/mol. The predicted molar refractivity (Wildman–Crippen MR) is 65.2 cm³/mol. The van der Waals surface area contributed by atoms with Gasteiger partial charge < -0.3 is 14.6 Å². The molecule has 2 aliphatic rings. The molecule has 2 unspecified atom stereocenters. The fraction of sp³-hybridized carbons (Fsp3) is 0.833. The van der Waals surface area contributed by atoms with Gasteiger partial charge in [0.2, 0.25) is 5.89 Å². The van der Waals surface area contributed by atoms with Crippen LogP contribution >= 0.6 is 0 Å². The van der Waals surface area contributed by atoms with Gasteiger partial charge in [0, 0.05) is 32.8 Å². The summed E-state index contributed by atoms with van der Waals surface area (Å²) >= 11 is 0. The molecule has 3 rings (SSSR count). The molecule has 0 amide bonds. The molecule has 1 aromatic rings. The zero-order chi connectivity index (χ0) is 12.4. The molecule has 0 radical (unpaired) electrons. The van der Waals surface area contributed by atoms with Crippen molar-refractivity contribution >= 4 is 0 Å². The number of nitrogens with zero attached hydrogens (tertiary/aromatic N) is 3. The van der Waals surface area contributed by atoms with E-state index < -0.39 is 0 Å². The van der Waals surface area contributed by atoms with Crippen LogP contribution in [0.4, 0.5) is 0 Å². The van der Waals surface area contributed by atoms with E-state index in [0.717, 1.165) is 57.5 Å². The average Bonchev–Trinajstić information content (AvgIpc) is 2.99. The van der Waals surface area contributed by atoms with Gasteiger partial charge >= 0.3 is 0 Å². The number of nitrogens with one attached hydrogen (secondary N) is 1. The Morgan fingerprint density at radius 2 is 2.22 bits per heavy atom. The highest BCUT2D eigenvalue weighted by atomic mass is 16.5. The first-order chi connectivity index (χ1) is 8.83. The number of hydrogen-bond donors (Lipinski definition) is 1. The van der Waals surface area contributed by atoms with E-state index in [4.69, 9.17) is 9.26 Å². The minimum atomic E-state index is 0.192. The van der Waals surface area contributed by atoms with E-state index in [1.165, 1.54) is 0 Å². The Bertz CT molecular complexity index is 389. The molecular formula is C12H20N4O2. The molecule has 1 N–H and O–H groups in total. The third-order valence-corrected chi connectivity index (χ3v) is 3.75. The van der Waals surface area contributed by atoms with Crippen LogP contribution < -0.4 is 5.32 Å². The SMILES string of the molecule is CC1OCCC1c1nc(CN2CCNCC2)no1. The van der Waals surface area contributed by atoms with E-state index in [2.05, 4.69) is 27.3 Å². The van der Waals surface area contributed by atoms with Crippen molar-refractivity contribution in [3.63, 3.8) is 0 Å². The smallest absolute Gasteiger partial charge is 0.232 e. The molecule has 1 aromatic heterocycles. The summed E-state index contributed by atoms with van der Waals surface area (Å²) in [4.78, 5) is 6.86. The molecule has 2 atom stereocenters. The summed E-state index contributed by atoms with van der Waals surface area (Å²) in [5, 5.41) is 7.42. The molecule has 6 heteroatoms. The fourth-order valence-electron chi connectivity index (χ4n) is 2.61. The number of piperazine rings is 1. The van der Waals surface area contributed by atoms with Crippen molar-refractivity contribution in [3.05, 3.63) is 11.7 Å². The molecule has 0 spiro atoms. The number of aromatic nitrogens is 2. The van der Waals surface area contributed by atoms with Gasteiger partial charge in [-0.25, -0.2) is 0 Å². The largest absolute Gasteiger partial charge is 0.378 e. The maximum absolute atomic E-state index is 5.53. The molecule has 6 nitrogen and oxygen atoms in total. The van der Waals surface area contributed by atoms with Crippen molar-refractivity contribution in [2.24, 2.45) is 0 Å². The van der Waals surface area contributed by atoms with Crippen molar-refractivity contribution in [2.75, 3.05) is 32.8 Å². The maximum atomic E-state index is 5.53. The number of ether oxygens (including phenoxy) is 1. The molecule has 0 aliphatic carbocycles. The molecule has 3 heterocycles. The van der Waals surface area contributed by atoms with E-state index >= 15 is 0 Å². The predicted octanol–water partition coefficient (Wildman–Crippen LogP) is 0.367. The van der Waals surface area contributed by atoms with Gasteiger partial charge in [0.25, 0.3) is 0 Å². The Morgan fingerprint density at radius 3 is 2.94 bits per heavy atom.